The zero-order valence-corrected chi connectivity index (χ0v) is 9.53. The Bertz CT molecular complexity index is 302. The van der Waals surface area contributed by atoms with Gasteiger partial charge in [0.05, 0.1) is 0 Å². The van der Waals surface area contributed by atoms with Crippen LogP contribution in [0.5, 0.6) is 0 Å². The van der Waals surface area contributed by atoms with Crippen molar-refractivity contribution in [2.24, 2.45) is 5.73 Å². The van der Waals surface area contributed by atoms with Crippen molar-refractivity contribution in [3.8, 4) is 0 Å². The molecule has 0 bridgehead atoms. The molecule has 4 N–H and O–H groups in total. The number of hydrogen-bond donors (Lipinski definition) is 2. The van der Waals surface area contributed by atoms with Gasteiger partial charge in [-0.3, -0.25) is 0 Å². The van der Waals surface area contributed by atoms with E-state index in [0.29, 0.717) is 6.04 Å². The highest BCUT2D eigenvalue weighted by molar-refractivity contribution is 5.85. The van der Waals surface area contributed by atoms with Gasteiger partial charge < -0.3 is 11.5 Å². The highest BCUT2D eigenvalue weighted by Gasteiger charge is 2.14. The number of rotatable bonds is 0. The van der Waals surface area contributed by atoms with E-state index in [1.807, 2.05) is 12.1 Å². The van der Waals surface area contributed by atoms with Gasteiger partial charge >= 0.3 is 0 Å². The van der Waals surface area contributed by atoms with Crippen molar-refractivity contribution < 1.29 is 0 Å². The summed E-state index contributed by atoms with van der Waals surface area (Å²) in [5.41, 5.74) is 15.2. The summed E-state index contributed by atoms with van der Waals surface area (Å²) in [4.78, 5) is 0. The van der Waals surface area contributed by atoms with E-state index < -0.39 is 0 Å². The third kappa shape index (κ3) is 2.77. The lowest BCUT2D eigenvalue weighted by molar-refractivity contribution is 0.577. The van der Waals surface area contributed by atoms with E-state index in [1.54, 1.807) is 0 Å². The second-order valence-corrected chi connectivity index (χ2v) is 3.53. The lowest BCUT2D eigenvalue weighted by atomic mass is 9.88. The van der Waals surface area contributed by atoms with Gasteiger partial charge in [0, 0.05) is 11.7 Å². The highest BCUT2D eigenvalue weighted by atomic mass is 35.5. The summed E-state index contributed by atoms with van der Waals surface area (Å²) in [5.74, 6) is 0. The van der Waals surface area contributed by atoms with Gasteiger partial charge in [-0.1, -0.05) is 6.07 Å². The Morgan fingerprint density at radius 1 is 1.14 bits per heavy atom. The number of nitrogen functional groups attached to an aromatic ring is 1. The number of halogens is 2. The molecule has 1 aromatic rings. The van der Waals surface area contributed by atoms with Crippen molar-refractivity contribution >= 4 is 30.5 Å². The van der Waals surface area contributed by atoms with E-state index in [4.69, 9.17) is 11.5 Å². The molecule has 80 valence electrons. The molecule has 0 fully saturated rings. The fraction of sp³-hybridized carbons (Fsp3) is 0.400. The van der Waals surface area contributed by atoms with Crippen LogP contribution >= 0.6 is 24.8 Å². The Kier molecular flexibility index (Phi) is 5.27. The van der Waals surface area contributed by atoms with E-state index >= 15 is 0 Å². The molecule has 1 aliphatic rings. The van der Waals surface area contributed by atoms with Gasteiger partial charge in [0.25, 0.3) is 0 Å². The molecular formula is C10H16Cl2N2. The maximum absolute atomic E-state index is 5.86. The molecule has 0 spiro atoms. The van der Waals surface area contributed by atoms with Gasteiger partial charge in [-0.2, -0.15) is 0 Å². The topological polar surface area (TPSA) is 52.0 Å². The third-order valence-electron chi connectivity index (χ3n) is 2.50. The van der Waals surface area contributed by atoms with Gasteiger partial charge in [0.2, 0.25) is 0 Å². The van der Waals surface area contributed by atoms with Crippen LogP contribution in [0.3, 0.4) is 0 Å². The molecule has 4 heteroatoms. The maximum Gasteiger partial charge on any atom is 0.0316 e. The molecular weight excluding hydrogens is 219 g/mol. The van der Waals surface area contributed by atoms with Crippen LogP contribution in [-0.2, 0) is 12.8 Å². The highest BCUT2D eigenvalue weighted by Crippen LogP contribution is 2.22. The minimum atomic E-state index is 0. The number of anilines is 1. The number of aryl methyl sites for hydroxylation is 1. The molecule has 2 nitrogen and oxygen atoms in total. The van der Waals surface area contributed by atoms with Crippen molar-refractivity contribution in [3.63, 3.8) is 0 Å². The van der Waals surface area contributed by atoms with Crippen molar-refractivity contribution in [1.29, 1.82) is 0 Å². The predicted molar refractivity (Wildman–Crippen MR) is 65.4 cm³/mol. The first-order valence-electron chi connectivity index (χ1n) is 4.38. The summed E-state index contributed by atoms with van der Waals surface area (Å²) in [6.07, 6.45) is 3.20. The van der Waals surface area contributed by atoms with Crippen LogP contribution in [-0.4, -0.2) is 6.04 Å². The van der Waals surface area contributed by atoms with Crippen molar-refractivity contribution in [3.05, 3.63) is 29.3 Å². The molecule has 14 heavy (non-hydrogen) atoms. The molecule has 0 amide bonds. The van der Waals surface area contributed by atoms with E-state index in [0.717, 1.165) is 24.9 Å². The summed E-state index contributed by atoms with van der Waals surface area (Å²) in [6.45, 7) is 0. The lowest BCUT2D eigenvalue weighted by Gasteiger charge is -2.21. The first-order chi connectivity index (χ1) is 5.75. The molecule has 2 rings (SSSR count). The average molecular weight is 235 g/mol. The minimum absolute atomic E-state index is 0. The zero-order chi connectivity index (χ0) is 8.55. The standard InChI is InChI=1S/C10H14N2.2ClH/c11-9-3-1-7-2-4-10(12)6-8(7)5-9;;/h1,3,5,10H,2,4,6,11-12H2;2*1H. The molecule has 1 atom stereocenters. The van der Waals surface area contributed by atoms with Gasteiger partial charge in [0.1, 0.15) is 0 Å². The first kappa shape index (κ1) is 13.6. The Balaban J connectivity index is 0.000000845. The summed E-state index contributed by atoms with van der Waals surface area (Å²) in [6, 6.07) is 6.47. The van der Waals surface area contributed by atoms with Gasteiger partial charge in [-0.25, -0.2) is 0 Å². The van der Waals surface area contributed by atoms with Gasteiger partial charge in [-0.15, -0.1) is 24.8 Å². The third-order valence-corrected chi connectivity index (χ3v) is 2.50. The van der Waals surface area contributed by atoms with Crippen molar-refractivity contribution in [2.45, 2.75) is 25.3 Å². The second kappa shape index (κ2) is 5.44. The zero-order valence-electron chi connectivity index (χ0n) is 7.90. The first-order valence-corrected chi connectivity index (χ1v) is 4.38. The van der Waals surface area contributed by atoms with Crippen LogP contribution in [0, 0.1) is 0 Å². The molecule has 0 radical (unpaired) electrons. The molecule has 0 aromatic heterocycles. The average Bonchev–Trinajstić information content (AvgIpc) is 2.03. The normalized spacial score (nSPS) is 18.8. The fourth-order valence-corrected chi connectivity index (χ4v) is 1.81. The quantitative estimate of drug-likeness (QED) is 0.675. The Labute approximate surface area is 96.9 Å². The Morgan fingerprint density at radius 2 is 1.86 bits per heavy atom. The summed E-state index contributed by atoms with van der Waals surface area (Å²) in [5, 5.41) is 0. The fourth-order valence-electron chi connectivity index (χ4n) is 1.81. The Hall–Kier alpha value is -0.440. The van der Waals surface area contributed by atoms with Crippen molar-refractivity contribution in [1.82, 2.24) is 0 Å². The number of hydrogen-bond acceptors (Lipinski definition) is 2. The number of fused-ring (bicyclic) bond motifs is 1. The molecule has 0 heterocycles. The van der Waals surface area contributed by atoms with Crippen molar-refractivity contribution in [2.75, 3.05) is 5.73 Å². The maximum atomic E-state index is 5.86. The van der Waals surface area contributed by atoms with Crippen LogP contribution < -0.4 is 11.5 Å². The number of nitrogens with two attached hydrogens (primary N) is 2. The van der Waals surface area contributed by atoms with Crippen LogP contribution in [0.25, 0.3) is 0 Å². The largest absolute Gasteiger partial charge is 0.399 e. The minimum Gasteiger partial charge on any atom is -0.399 e. The monoisotopic (exact) mass is 234 g/mol. The predicted octanol–water partition coefficient (Wildman–Crippen LogP) is 1.93. The van der Waals surface area contributed by atoms with E-state index in [9.17, 15) is 0 Å². The molecule has 1 aliphatic carbocycles. The van der Waals surface area contributed by atoms with E-state index in [1.165, 1.54) is 11.1 Å². The van der Waals surface area contributed by atoms with Crippen LogP contribution in [0.1, 0.15) is 17.5 Å². The molecule has 0 aliphatic heterocycles. The summed E-state index contributed by atoms with van der Waals surface area (Å²) in [7, 11) is 0. The SMILES string of the molecule is Cl.Cl.Nc1ccc2c(c1)CC(N)CC2. The second-order valence-electron chi connectivity index (χ2n) is 3.53. The van der Waals surface area contributed by atoms with Crippen LogP contribution in [0.4, 0.5) is 5.69 Å². The smallest absolute Gasteiger partial charge is 0.0316 e. The Morgan fingerprint density at radius 3 is 2.57 bits per heavy atom. The molecule has 1 unspecified atom stereocenters. The molecule has 1 aromatic carbocycles. The van der Waals surface area contributed by atoms with E-state index in [-0.39, 0.29) is 24.8 Å². The number of benzene rings is 1. The van der Waals surface area contributed by atoms with Gasteiger partial charge in [0.15, 0.2) is 0 Å². The summed E-state index contributed by atoms with van der Waals surface area (Å²) < 4.78 is 0. The lowest BCUT2D eigenvalue weighted by Crippen LogP contribution is -2.27. The van der Waals surface area contributed by atoms with Gasteiger partial charge in [-0.05, 0) is 42.5 Å². The summed E-state index contributed by atoms with van der Waals surface area (Å²) >= 11 is 0. The molecule has 0 saturated carbocycles. The molecule has 0 saturated heterocycles. The van der Waals surface area contributed by atoms with Crippen LogP contribution in [0.15, 0.2) is 18.2 Å². The van der Waals surface area contributed by atoms with Crippen LogP contribution in [0.2, 0.25) is 0 Å². The van der Waals surface area contributed by atoms with E-state index in [2.05, 4.69) is 6.07 Å².